The molecule has 0 amide bonds. The molecule has 4 rings (SSSR count). The van der Waals surface area contributed by atoms with Crippen molar-refractivity contribution in [3.8, 4) is 0 Å². The molecule has 0 heterocycles. The van der Waals surface area contributed by atoms with Crippen LogP contribution in [-0.2, 0) is 9.59 Å². The van der Waals surface area contributed by atoms with E-state index in [4.69, 9.17) is 11.6 Å². The molecule has 1 unspecified atom stereocenters. The second-order valence-electron chi connectivity index (χ2n) is 9.89. The van der Waals surface area contributed by atoms with E-state index in [1.54, 1.807) is 6.92 Å². The lowest BCUT2D eigenvalue weighted by molar-refractivity contribution is -0.129. The van der Waals surface area contributed by atoms with Crippen LogP contribution in [0.2, 0.25) is 0 Å². The van der Waals surface area contributed by atoms with Gasteiger partial charge in [0, 0.05) is 12.3 Å². The predicted octanol–water partition coefficient (Wildman–Crippen LogP) is 5.54. The SMILES string of the molecule is CC(=O)[C@H]1C(C)C[C@H]2[C@@H]3CCC4=C(Cl)C(=O)CC[C@]4(C)[C@H]3CC[C@]12C. The summed E-state index contributed by atoms with van der Waals surface area (Å²) in [6, 6.07) is 0. The third kappa shape index (κ3) is 2.28. The molecule has 4 aliphatic carbocycles. The number of carbonyl (C=O) groups excluding carboxylic acids is 2. The summed E-state index contributed by atoms with van der Waals surface area (Å²) in [6.07, 6.45) is 7.24. The van der Waals surface area contributed by atoms with E-state index in [-0.39, 0.29) is 22.5 Å². The Hall–Kier alpha value is -0.630. The normalized spacial score (nSPS) is 49.5. The fraction of sp³-hybridized carbons (Fsp3) is 0.818. The Morgan fingerprint density at radius 3 is 2.52 bits per heavy atom. The molecule has 4 aliphatic rings. The third-order valence-corrected chi connectivity index (χ3v) is 9.27. The minimum Gasteiger partial charge on any atom is -0.300 e. The van der Waals surface area contributed by atoms with Gasteiger partial charge in [-0.25, -0.2) is 0 Å². The highest BCUT2D eigenvalue weighted by Gasteiger charge is 2.61. The molecule has 0 N–H and O–H groups in total. The molecule has 3 saturated carbocycles. The fourth-order valence-corrected chi connectivity index (χ4v) is 8.28. The molecule has 0 aromatic carbocycles. The van der Waals surface area contributed by atoms with Crippen molar-refractivity contribution < 1.29 is 9.59 Å². The number of hydrogen-bond acceptors (Lipinski definition) is 2. The monoisotopic (exact) mass is 362 g/mol. The molecule has 0 aromatic heterocycles. The van der Waals surface area contributed by atoms with Gasteiger partial charge in [-0.05, 0) is 85.5 Å². The second-order valence-corrected chi connectivity index (χ2v) is 10.3. The number of rotatable bonds is 1. The molecule has 25 heavy (non-hydrogen) atoms. The van der Waals surface area contributed by atoms with E-state index in [1.165, 1.54) is 18.4 Å². The van der Waals surface area contributed by atoms with Crippen LogP contribution in [0, 0.1) is 40.4 Å². The van der Waals surface area contributed by atoms with Crippen molar-refractivity contribution in [1.82, 2.24) is 0 Å². The van der Waals surface area contributed by atoms with Crippen LogP contribution < -0.4 is 0 Å². The van der Waals surface area contributed by atoms with Gasteiger partial charge >= 0.3 is 0 Å². The lowest BCUT2D eigenvalue weighted by atomic mass is 9.46. The van der Waals surface area contributed by atoms with Gasteiger partial charge in [-0.15, -0.1) is 0 Å². The molecule has 0 radical (unpaired) electrons. The van der Waals surface area contributed by atoms with Crippen molar-refractivity contribution in [1.29, 1.82) is 0 Å². The van der Waals surface area contributed by atoms with Crippen LogP contribution in [0.25, 0.3) is 0 Å². The highest BCUT2D eigenvalue weighted by atomic mass is 35.5. The summed E-state index contributed by atoms with van der Waals surface area (Å²) in [6.45, 7) is 8.86. The van der Waals surface area contributed by atoms with Crippen molar-refractivity contribution >= 4 is 23.2 Å². The lowest BCUT2D eigenvalue weighted by Gasteiger charge is -2.58. The van der Waals surface area contributed by atoms with Crippen molar-refractivity contribution in [2.45, 2.75) is 72.6 Å². The van der Waals surface area contributed by atoms with Crippen LogP contribution in [-0.4, -0.2) is 11.6 Å². The molecular weight excluding hydrogens is 332 g/mol. The van der Waals surface area contributed by atoms with Crippen LogP contribution in [0.1, 0.15) is 72.6 Å². The molecule has 7 atom stereocenters. The Balaban J connectivity index is 1.71. The third-order valence-electron chi connectivity index (χ3n) is 8.83. The smallest absolute Gasteiger partial charge is 0.174 e. The van der Waals surface area contributed by atoms with E-state index < -0.39 is 0 Å². The summed E-state index contributed by atoms with van der Waals surface area (Å²) in [5.41, 5.74) is 1.54. The van der Waals surface area contributed by atoms with Crippen LogP contribution in [0.15, 0.2) is 10.6 Å². The second kappa shape index (κ2) is 5.68. The lowest BCUT2D eigenvalue weighted by Crippen LogP contribution is -2.51. The van der Waals surface area contributed by atoms with Gasteiger partial charge in [0.05, 0.1) is 5.03 Å². The van der Waals surface area contributed by atoms with Crippen LogP contribution in [0.5, 0.6) is 0 Å². The van der Waals surface area contributed by atoms with Crippen molar-refractivity contribution in [2.24, 2.45) is 40.4 Å². The van der Waals surface area contributed by atoms with E-state index in [9.17, 15) is 9.59 Å². The Morgan fingerprint density at radius 1 is 1.12 bits per heavy atom. The summed E-state index contributed by atoms with van der Waals surface area (Å²) in [5, 5.41) is 0.557. The van der Waals surface area contributed by atoms with Gasteiger partial charge in [0.1, 0.15) is 5.78 Å². The van der Waals surface area contributed by atoms with Crippen molar-refractivity contribution in [2.75, 3.05) is 0 Å². The zero-order valence-corrected chi connectivity index (χ0v) is 16.8. The first kappa shape index (κ1) is 17.8. The van der Waals surface area contributed by atoms with E-state index in [1.807, 2.05) is 0 Å². The molecule has 3 fully saturated rings. The largest absolute Gasteiger partial charge is 0.300 e. The van der Waals surface area contributed by atoms with Gasteiger partial charge in [0.15, 0.2) is 5.78 Å². The van der Waals surface area contributed by atoms with Gasteiger partial charge in [-0.3, -0.25) is 9.59 Å². The molecule has 0 saturated heterocycles. The van der Waals surface area contributed by atoms with Gasteiger partial charge in [0.25, 0.3) is 0 Å². The molecule has 0 spiro atoms. The number of allylic oxidation sites excluding steroid dienone is 1. The fourth-order valence-electron chi connectivity index (χ4n) is 7.88. The van der Waals surface area contributed by atoms with Crippen molar-refractivity contribution in [3.63, 3.8) is 0 Å². The number of Topliss-reactive ketones (excluding diaryl/α,β-unsaturated/α-hetero) is 2. The number of hydrogen-bond donors (Lipinski definition) is 0. The average Bonchev–Trinajstić information content (AvgIpc) is 2.81. The van der Waals surface area contributed by atoms with Gasteiger partial charge in [-0.1, -0.05) is 32.4 Å². The maximum absolute atomic E-state index is 12.4. The molecule has 138 valence electrons. The molecule has 0 bridgehead atoms. The van der Waals surface area contributed by atoms with Crippen LogP contribution in [0.3, 0.4) is 0 Å². The number of ketones is 2. The first-order chi connectivity index (χ1) is 11.7. The first-order valence-electron chi connectivity index (χ1n) is 10.1. The highest BCUT2D eigenvalue weighted by Crippen LogP contribution is 2.68. The van der Waals surface area contributed by atoms with E-state index >= 15 is 0 Å². The Bertz CT molecular complexity index is 665. The van der Waals surface area contributed by atoms with Gasteiger partial charge < -0.3 is 0 Å². The predicted molar refractivity (Wildman–Crippen MR) is 100 cm³/mol. The molecule has 0 aliphatic heterocycles. The van der Waals surface area contributed by atoms with Gasteiger partial charge in [0.2, 0.25) is 0 Å². The molecular formula is C22H31ClO2. The zero-order valence-electron chi connectivity index (χ0n) is 16.0. The Labute approximate surface area is 156 Å². The molecule has 0 aromatic rings. The summed E-state index contributed by atoms with van der Waals surface area (Å²) >= 11 is 6.47. The summed E-state index contributed by atoms with van der Waals surface area (Å²) in [7, 11) is 0. The van der Waals surface area contributed by atoms with Crippen LogP contribution >= 0.6 is 11.6 Å². The Morgan fingerprint density at radius 2 is 1.84 bits per heavy atom. The van der Waals surface area contributed by atoms with Crippen LogP contribution in [0.4, 0.5) is 0 Å². The summed E-state index contributed by atoms with van der Waals surface area (Å²) < 4.78 is 0. The van der Waals surface area contributed by atoms with E-state index in [2.05, 4.69) is 20.8 Å². The topological polar surface area (TPSA) is 34.1 Å². The number of halogens is 1. The average molecular weight is 363 g/mol. The maximum atomic E-state index is 12.4. The van der Waals surface area contributed by atoms with Crippen molar-refractivity contribution in [3.05, 3.63) is 10.6 Å². The zero-order chi connectivity index (χ0) is 18.1. The van der Waals surface area contributed by atoms with Gasteiger partial charge in [-0.2, -0.15) is 0 Å². The number of fused-ring (bicyclic) bond motifs is 5. The molecule has 2 nitrogen and oxygen atoms in total. The minimum atomic E-state index is 0.104. The standard InChI is InChI=1S/C22H31ClO2/c1-12-11-17-14-5-6-16-20(23)18(25)8-10-21(16,3)15(14)7-9-22(17,4)19(12)13(2)24/h12,14-15,17,19H,5-11H2,1-4H3/t12?,14-,15+,17+,19-,21-,22+/m1/s1. The highest BCUT2D eigenvalue weighted by molar-refractivity contribution is 6.43. The first-order valence-corrected chi connectivity index (χ1v) is 10.5. The van der Waals surface area contributed by atoms with E-state index in [0.717, 1.165) is 25.7 Å². The summed E-state index contributed by atoms with van der Waals surface area (Å²) in [5.74, 6) is 3.27. The minimum absolute atomic E-state index is 0.104. The quantitative estimate of drug-likeness (QED) is 0.614. The molecule has 3 heteroatoms. The summed E-state index contributed by atoms with van der Waals surface area (Å²) in [4.78, 5) is 24.5. The maximum Gasteiger partial charge on any atom is 0.174 e. The number of carbonyl (C=O) groups is 2. The van der Waals surface area contributed by atoms with E-state index in [0.29, 0.717) is 40.9 Å². The Kier molecular flexibility index (Phi) is 4.04.